The third kappa shape index (κ3) is 3.10. The number of carbonyl (C=O) groups is 1. The van der Waals surface area contributed by atoms with Crippen LogP contribution in [0.25, 0.3) is 0 Å². The van der Waals surface area contributed by atoms with Crippen LogP contribution < -0.4 is 0 Å². The van der Waals surface area contributed by atoms with Gasteiger partial charge in [0.2, 0.25) is 0 Å². The van der Waals surface area contributed by atoms with Crippen LogP contribution in [0.15, 0.2) is 36.4 Å². The first kappa shape index (κ1) is 14.4. The lowest BCUT2D eigenvalue weighted by molar-refractivity contribution is -0.117. The lowest BCUT2D eigenvalue weighted by Crippen LogP contribution is -2.10. The Hall–Kier alpha value is -2.03. The van der Waals surface area contributed by atoms with E-state index >= 15 is 0 Å². The molecule has 0 saturated heterocycles. The van der Waals surface area contributed by atoms with Gasteiger partial charge in [-0.1, -0.05) is 30.3 Å². The predicted molar refractivity (Wildman–Crippen MR) is 74.7 cm³/mol. The quantitative estimate of drug-likeness (QED) is 0.825. The predicted octanol–water partition coefficient (Wildman–Crippen LogP) is 3.94. The Labute approximate surface area is 117 Å². The van der Waals surface area contributed by atoms with E-state index in [0.29, 0.717) is 0 Å². The summed E-state index contributed by atoms with van der Waals surface area (Å²) >= 11 is 0. The van der Waals surface area contributed by atoms with Gasteiger partial charge in [-0.2, -0.15) is 0 Å². The molecule has 2 aromatic carbocycles. The van der Waals surface area contributed by atoms with Gasteiger partial charge in [0.15, 0.2) is 11.6 Å². The van der Waals surface area contributed by atoms with E-state index in [-0.39, 0.29) is 24.2 Å². The molecule has 0 N–H and O–H groups in total. The van der Waals surface area contributed by atoms with Crippen molar-refractivity contribution in [1.82, 2.24) is 0 Å². The average Bonchev–Trinajstić information content (AvgIpc) is 2.39. The number of Topliss-reactive ketones (excluding diaryl/α,β-unsaturated/α-hetero) is 1. The average molecular weight is 274 g/mol. The maximum absolute atomic E-state index is 13.5. The van der Waals surface area contributed by atoms with Crippen molar-refractivity contribution in [2.45, 2.75) is 26.7 Å². The molecule has 0 bridgehead atoms. The van der Waals surface area contributed by atoms with Crippen LogP contribution in [-0.4, -0.2) is 5.78 Å². The zero-order valence-corrected chi connectivity index (χ0v) is 11.5. The third-order valence-corrected chi connectivity index (χ3v) is 3.44. The molecule has 2 rings (SSSR count). The number of benzene rings is 2. The van der Waals surface area contributed by atoms with Crippen molar-refractivity contribution in [3.63, 3.8) is 0 Å². The van der Waals surface area contributed by atoms with Crippen LogP contribution in [0.5, 0.6) is 0 Å². The molecule has 0 aliphatic carbocycles. The molecule has 1 nitrogen and oxygen atoms in total. The van der Waals surface area contributed by atoms with Crippen molar-refractivity contribution >= 4 is 5.78 Å². The molecule has 0 saturated carbocycles. The highest BCUT2D eigenvalue weighted by molar-refractivity contribution is 5.83. The first-order valence-corrected chi connectivity index (χ1v) is 6.48. The number of hydrogen-bond acceptors (Lipinski definition) is 1. The summed E-state index contributed by atoms with van der Waals surface area (Å²) in [6.45, 7) is 3.89. The van der Waals surface area contributed by atoms with Crippen LogP contribution >= 0.6 is 0 Å². The summed E-state index contributed by atoms with van der Waals surface area (Å²) in [7, 11) is 0. The zero-order chi connectivity index (χ0) is 14.7. The largest absolute Gasteiger partial charge is 0.299 e. The molecule has 0 atom stereocenters. The molecule has 0 amide bonds. The minimum absolute atomic E-state index is 0.0859. The van der Waals surface area contributed by atoms with Gasteiger partial charge in [0.05, 0.1) is 0 Å². The molecule has 0 aliphatic heterocycles. The maximum atomic E-state index is 13.5. The van der Waals surface area contributed by atoms with Gasteiger partial charge < -0.3 is 0 Å². The highest BCUT2D eigenvalue weighted by Crippen LogP contribution is 2.17. The molecule has 0 aromatic heterocycles. The number of hydrogen-bond donors (Lipinski definition) is 0. The van der Waals surface area contributed by atoms with Gasteiger partial charge in [-0.25, -0.2) is 8.78 Å². The summed E-state index contributed by atoms with van der Waals surface area (Å²) in [5.74, 6) is -1.96. The smallest absolute Gasteiger partial charge is 0.162 e. The Morgan fingerprint density at radius 2 is 1.55 bits per heavy atom. The number of rotatable bonds is 4. The van der Waals surface area contributed by atoms with E-state index in [4.69, 9.17) is 0 Å². The van der Waals surface area contributed by atoms with Gasteiger partial charge >= 0.3 is 0 Å². The minimum atomic E-state index is -0.928. The Morgan fingerprint density at radius 1 is 0.950 bits per heavy atom. The Bertz CT molecular complexity index is 627. The minimum Gasteiger partial charge on any atom is -0.299 e. The topological polar surface area (TPSA) is 17.1 Å². The lowest BCUT2D eigenvalue weighted by Gasteiger charge is -2.09. The highest BCUT2D eigenvalue weighted by atomic mass is 19.2. The fourth-order valence-corrected chi connectivity index (χ4v) is 2.28. The Balaban J connectivity index is 2.16. The summed E-state index contributed by atoms with van der Waals surface area (Å²) < 4.78 is 26.6. The fraction of sp³-hybridized carbons (Fsp3) is 0.235. The second-order valence-corrected chi connectivity index (χ2v) is 4.98. The number of carbonyl (C=O) groups excluding carboxylic acids is 1. The van der Waals surface area contributed by atoms with Gasteiger partial charge in [0.1, 0.15) is 5.78 Å². The molecule has 104 valence electrons. The monoisotopic (exact) mass is 274 g/mol. The van der Waals surface area contributed by atoms with Gasteiger partial charge in [0, 0.05) is 12.8 Å². The SMILES string of the molecule is Cc1cccc(C)c1CC(=O)Cc1cccc(F)c1F. The molecular weight excluding hydrogens is 258 g/mol. The van der Waals surface area contributed by atoms with Crippen molar-refractivity contribution in [2.75, 3.05) is 0 Å². The van der Waals surface area contributed by atoms with Gasteiger partial charge in [-0.3, -0.25) is 4.79 Å². The number of ketones is 1. The highest BCUT2D eigenvalue weighted by Gasteiger charge is 2.13. The van der Waals surface area contributed by atoms with Crippen molar-refractivity contribution in [3.05, 3.63) is 70.3 Å². The summed E-state index contributed by atoms with van der Waals surface area (Å²) in [6, 6.07) is 9.73. The normalized spacial score (nSPS) is 10.6. The molecule has 2 aromatic rings. The van der Waals surface area contributed by atoms with E-state index in [2.05, 4.69) is 0 Å². The molecule has 0 spiro atoms. The first-order valence-electron chi connectivity index (χ1n) is 6.48. The van der Waals surface area contributed by atoms with E-state index in [1.54, 1.807) is 0 Å². The van der Waals surface area contributed by atoms with Crippen LogP contribution in [0.4, 0.5) is 8.78 Å². The van der Waals surface area contributed by atoms with Crippen molar-refractivity contribution in [1.29, 1.82) is 0 Å². The maximum Gasteiger partial charge on any atom is 0.162 e. The van der Waals surface area contributed by atoms with E-state index in [0.717, 1.165) is 22.8 Å². The number of halogens is 2. The first-order chi connectivity index (χ1) is 9.49. The molecule has 0 fully saturated rings. The second-order valence-electron chi connectivity index (χ2n) is 4.98. The summed E-state index contributed by atoms with van der Waals surface area (Å²) in [4.78, 5) is 12.1. The van der Waals surface area contributed by atoms with Gasteiger partial charge in [0.25, 0.3) is 0 Å². The number of aryl methyl sites for hydroxylation is 2. The second kappa shape index (κ2) is 5.95. The van der Waals surface area contributed by atoms with Crippen LogP contribution in [0.3, 0.4) is 0 Å². The summed E-state index contributed by atoms with van der Waals surface area (Å²) in [5, 5.41) is 0. The van der Waals surface area contributed by atoms with Crippen LogP contribution in [0, 0.1) is 25.5 Å². The fourth-order valence-electron chi connectivity index (χ4n) is 2.28. The van der Waals surface area contributed by atoms with Crippen molar-refractivity contribution in [3.8, 4) is 0 Å². The molecule has 0 heterocycles. The van der Waals surface area contributed by atoms with E-state index in [9.17, 15) is 13.6 Å². The van der Waals surface area contributed by atoms with Crippen LogP contribution in [0.1, 0.15) is 22.3 Å². The van der Waals surface area contributed by atoms with Crippen molar-refractivity contribution in [2.24, 2.45) is 0 Å². The standard InChI is InChI=1S/C17H16F2O/c1-11-5-3-6-12(2)15(11)10-14(20)9-13-7-4-8-16(18)17(13)19/h3-8H,9-10H2,1-2H3. The van der Waals surface area contributed by atoms with Crippen LogP contribution in [0.2, 0.25) is 0 Å². The summed E-state index contributed by atoms with van der Waals surface area (Å²) in [5.41, 5.74) is 3.16. The molecule has 3 heteroatoms. The van der Waals surface area contributed by atoms with Crippen molar-refractivity contribution < 1.29 is 13.6 Å². The zero-order valence-electron chi connectivity index (χ0n) is 11.5. The lowest BCUT2D eigenvalue weighted by atomic mass is 9.95. The molecule has 0 radical (unpaired) electrons. The van der Waals surface area contributed by atoms with E-state index < -0.39 is 11.6 Å². The molecule has 20 heavy (non-hydrogen) atoms. The van der Waals surface area contributed by atoms with E-state index in [1.165, 1.54) is 12.1 Å². The van der Waals surface area contributed by atoms with E-state index in [1.807, 2.05) is 32.0 Å². The Morgan fingerprint density at radius 3 is 2.20 bits per heavy atom. The molecule has 0 unspecified atom stereocenters. The van der Waals surface area contributed by atoms with Crippen LogP contribution in [-0.2, 0) is 17.6 Å². The molecular formula is C17H16F2O. The third-order valence-electron chi connectivity index (χ3n) is 3.44. The van der Waals surface area contributed by atoms with Gasteiger partial charge in [-0.05, 0) is 42.2 Å². The molecule has 0 aliphatic rings. The van der Waals surface area contributed by atoms with Gasteiger partial charge in [-0.15, -0.1) is 0 Å². The Kier molecular flexibility index (Phi) is 4.28. The summed E-state index contributed by atoms with van der Waals surface area (Å²) in [6.07, 6.45) is 0.159.